The zero-order chi connectivity index (χ0) is 17.3. The van der Waals surface area contributed by atoms with Crippen LogP contribution < -0.4 is 10.1 Å². The number of fused-ring (bicyclic) bond motifs is 1. The monoisotopic (exact) mass is 336 g/mol. The molecule has 1 saturated carbocycles. The highest BCUT2D eigenvalue weighted by molar-refractivity contribution is 5.80. The molecular formula is C17H21FN2O4. The SMILES string of the molecule is COc1ccc(F)cc1CNC(=O)N1C[C@@H]2CCC[C@@]2(C(=O)O)C1. The van der Waals surface area contributed by atoms with Crippen LogP contribution in [0.15, 0.2) is 18.2 Å². The molecule has 0 spiro atoms. The normalized spacial score (nSPS) is 25.4. The molecule has 0 aromatic heterocycles. The number of hydrogen-bond donors (Lipinski definition) is 2. The van der Waals surface area contributed by atoms with Crippen LogP contribution in [-0.2, 0) is 11.3 Å². The van der Waals surface area contributed by atoms with Crippen molar-refractivity contribution in [3.63, 3.8) is 0 Å². The second-order valence-electron chi connectivity index (χ2n) is 6.55. The topological polar surface area (TPSA) is 78.9 Å². The molecule has 2 atom stereocenters. The lowest BCUT2D eigenvalue weighted by atomic mass is 9.81. The van der Waals surface area contributed by atoms with E-state index in [0.29, 0.717) is 24.3 Å². The lowest BCUT2D eigenvalue weighted by molar-refractivity contribution is -0.149. The first-order valence-corrected chi connectivity index (χ1v) is 8.05. The third kappa shape index (κ3) is 2.79. The minimum atomic E-state index is -0.813. The highest BCUT2D eigenvalue weighted by atomic mass is 19.1. The highest BCUT2D eigenvalue weighted by Gasteiger charge is 2.55. The second kappa shape index (κ2) is 6.30. The molecule has 6 nitrogen and oxygen atoms in total. The second-order valence-corrected chi connectivity index (χ2v) is 6.55. The largest absolute Gasteiger partial charge is 0.496 e. The van der Waals surface area contributed by atoms with Gasteiger partial charge in [0.2, 0.25) is 0 Å². The molecule has 0 bridgehead atoms. The van der Waals surface area contributed by atoms with Crippen LogP contribution in [0.4, 0.5) is 9.18 Å². The van der Waals surface area contributed by atoms with Crippen LogP contribution >= 0.6 is 0 Å². The number of urea groups is 1. The number of nitrogens with zero attached hydrogens (tertiary/aromatic N) is 1. The van der Waals surface area contributed by atoms with E-state index in [-0.39, 0.29) is 25.0 Å². The number of amides is 2. The van der Waals surface area contributed by atoms with E-state index in [1.807, 2.05) is 0 Å². The molecule has 1 saturated heterocycles. The molecule has 1 aromatic carbocycles. The van der Waals surface area contributed by atoms with Gasteiger partial charge in [0.15, 0.2) is 0 Å². The van der Waals surface area contributed by atoms with Crippen LogP contribution in [0.25, 0.3) is 0 Å². The maximum absolute atomic E-state index is 13.4. The maximum atomic E-state index is 13.4. The number of likely N-dealkylation sites (tertiary alicyclic amines) is 1. The van der Waals surface area contributed by atoms with Crippen molar-refractivity contribution >= 4 is 12.0 Å². The average Bonchev–Trinajstić information content (AvgIpc) is 3.11. The molecule has 1 heterocycles. The van der Waals surface area contributed by atoms with Gasteiger partial charge in [-0.25, -0.2) is 9.18 Å². The number of methoxy groups -OCH3 is 1. The minimum Gasteiger partial charge on any atom is -0.496 e. The number of ether oxygens (including phenoxy) is 1. The van der Waals surface area contributed by atoms with Gasteiger partial charge in [0.1, 0.15) is 11.6 Å². The number of carboxylic acid groups (broad SMARTS) is 1. The number of hydrogen-bond acceptors (Lipinski definition) is 3. The van der Waals surface area contributed by atoms with Gasteiger partial charge in [-0.15, -0.1) is 0 Å². The fraction of sp³-hybridized carbons (Fsp3) is 0.529. The molecule has 1 aliphatic heterocycles. The van der Waals surface area contributed by atoms with Crippen LogP contribution in [0.5, 0.6) is 5.75 Å². The van der Waals surface area contributed by atoms with Gasteiger partial charge in [-0.1, -0.05) is 6.42 Å². The van der Waals surface area contributed by atoms with E-state index < -0.39 is 17.2 Å². The minimum absolute atomic E-state index is 0.0180. The van der Waals surface area contributed by atoms with Crippen molar-refractivity contribution in [3.8, 4) is 5.75 Å². The van der Waals surface area contributed by atoms with Gasteiger partial charge in [-0.2, -0.15) is 0 Å². The van der Waals surface area contributed by atoms with Gasteiger partial charge in [0.05, 0.1) is 12.5 Å². The molecule has 0 unspecified atom stereocenters. The van der Waals surface area contributed by atoms with Gasteiger partial charge >= 0.3 is 12.0 Å². The molecule has 7 heteroatoms. The van der Waals surface area contributed by atoms with E-state index >= 15 is 0 Å². The summed E-state index contributed by atoms with van der Waals surface area (Å²) >= 11 is 0. The first-order chi connectivity index (χ1) is 11.5. The summed E-state index contributed by atoms with van der Waals surface area (Å²) in [5, 5.41) is 12.3. The Hall–Kier alpha value is -2.31. The summed E-state index contributed by atoms with van der Waals surface area (Å²) in [6, 6.07) is 3.80. The lowest BCUT2D eigenvalue weighted by Crippen LogP contribution is -2.41. The summed E-state index contributed by atoms with van der Waals surface area (Å²) < 4.78 is 18.5. The number of halogens is 1. The maximum Gasteiger partial charge on any atom is 0.317 e. The van der Waals surface area contributed by atoms with Crippen molar-refractivity contribution in [2.24, 2.45) is 11.3 Å². The molecule has 2 aliphatic rings. The number of carbonyl (C=O) groups is 2. The quantitative estimate of drug-likeness (QED) is 0.884. The molecule has 3 rings (SSSR count). The molecule has 1 aliphatic carbocycles. The third-order valence-electron chi connectivity index (χ3n) is 5.26. The van der Waals surface area contributed by atoms with Gasteiger partial charge < -0.3 is 20.1 Å². The number of carbonyl (C=O) groups excluding carboxylic acids is 1. The van der Waals surface area contributed by atoms with Crippen LogP contribution in [0.2, 0.25) is 0 Å². The molecule has 2 amide bonds. The average molecular weight is 336 g/mol. The molecule has 24 heavy (non-hydrogen) atoms. The number of carboxylic acids is 1. The van der Waals surface area contributed by atoms with Crippen molar-refractivity contribution < 1.29 is 23.8 Å². The van der Waals surface area contributed by atoms with E-state index in [0.717, 1.165) is 12.8 Å². The Labute approximate surface area is 139 Å². The van der Waals surface area contributed by atoms with E-state index in [4.69, 9.17) is 4.74 Å². The summed E-state index contributed by atoms with van der Waals surface area (Å²) in [5.74, 6) is -0.700. The predicted octanol–water partition coefficient (Wildman–Crippen LogP) is 2.23. The molecule has 2 fully saturated rings. The van der Waals surface area contributed by atoms with Crippen molar-refractivity contribution in [1.29, 1.82) is 0 Å². The number of aliphatic carboxylic acids is 1. The van der Waals surface area contributed by atoms with Crippen LogP contribution in [-0.4, -0.2) is 42.2 Å². The summed E-state index contributed by atoms with van der Waals surface area (Å²) in [6.07, 6.45) is 2.36. The van der Waals surface area contributed by atoms with Gasteiger partial charge in [-0.05, 0) is 37.0 Å². The Morgan fingerprint density at radius 2 is 2.29 bits per heavy atom. The summed E-state index contributed by atoms with van der Waals surface area (Å²) in [7, 11) is 1.48. The van der Waals surface area contributed by atoms with Gasteiger partial charge in [-0.3, -0.25) is 4.79 Å². The van der Waals surface area contributed by atoms with Gasteiger partial charge in [0, 0.05) is 25.2 Å². The zero-order valence-corrected chi connectivity index (χ0v) is 13.5. The predicted molar refractivity (Wildman–Crippen MR) is 84.2 cm³/mol. The summed E-state index contributed by atoms with van der Waals surface area (Å²) in [5.41, 5.74) is -0.258. The number of rotatable bonds is 4. The van der Waals surface area contributed by atoms with Crippen molar-refractivity contribution in [1.82, 2.24) is 10.2 Å². The molecule has 1 aromatic rings. The Morgan fingerprint density at radius 3 is 2.96 bits per heavy atom. The smallest absolute Gasteiger partial charge is 0.317 e. The summed E-state index contributed by atoms with van der Waals surface area (Å²) in [6.45, 7) is 0.818. The van der Waals surface area contributed by atoms with Crippen molar-refractivity contribution in [2.75, 3.05) is 20.2 Å². The van der Waals surface area contributed by atoms with Crippen LogP contribution in [0, 0.1) is 17.2 Å². The molecule has 2 N–H and O–H groups in total. The fourth-order valence-electron chi connectivity index (χ4n) is 3.96. The lowest BCUT2D eigenvalue weighted by Gasteiger charge is -2.23. The Morgan fingerprint density at radius 1 is 1.50 bits per heavy atom. The standard InChI is InChI=1S/C17H21FN2O4/c1-24-14-5-4-13(18)7-11(14)8-19-16(23)20-9-12-3-2-6-17(12,10-20)15(21)22/h4-5,7,12H,2-3,6,8-10H2,1H3,(H,19,23)(H,21,22)/t12-,17+/m0/s1. The van der Waals surface area contributed by atoms with E-state index in [9.17, 15) is 19.1 Å². The van der Waals surface area contributed by atoms with E-state index in [1.165, 1.54) is 25.3 Å². The fourth-order valence-corrected chi connectivity index (χ4v) is 3.96. The van der Waals surface area contributed by atoms with Crippen molar-refractivity contribution in [3.05, 3.63) is 29.6 Å². The molecule has 130 valence electrons. The summed E-state index contributed by atoms with van der Waals surface area (Å²) in [4.78, 5) is 25.6. The van der Waals surface area contributed by atoms with Crippen LogP contribution in [0.3, 0.4) is 0 Å². The number of nitrogens with one attached hydrogen (secondary N) is 1. The number of benzene rings is 1. The van der Waals surface area contributed by atoms with Gasteiger partial charge in [0.25, 0.3) is 0 Å². The molecule has 0 radical (unpaired) electrons. The molecular weight excluding hydrogens is 315 g/mol. The third-order valence-corrected chi connectivity index (χ3v) is 5.26. The first-order valence-electron chi connectivity index (χ1n) is 8.05. The van der Waals surface area contributed by atoms with Crippen LogP contribution in [0.1, 0.15) is 24.8 Å². The van der Waals surface area contributed by atoms with E-state index in [2.05, 4.69) is 5.32 Å². The Bertz CT molecular complexity index is 666. The zero-order valence-electron chi connectivity index (χ0n) is 13.5. The Kier molecular flexibility index (Phi) is 4.34. The first kappa shape index (κ1) is 16.5. The Balaban J connectivity index is 1.65. The highest BCUT2D eigenvalue weighted by Crippen LogP contribution is 2.48. The van der Waals surface area contributed by atoms with E-state index in [1.54, 1.807) is 4.90 Å². The van der Waals surface area contributed by atoms with Crippen molar-refractivity contribution in [2.45, 2.75) is 25.8 Å².